The van der Waals surface area contributed by atoms with Crippen LogP contribution in [0.1, 0.15) is 12.5 Å². The molecular weight excluding hydrogens is 292 g/mol. The first kappa shape index (κ1) is 15.6. The molecule has 3 amide bonds. The predicted octanol–water partition coefficient (Wildman–Crippen LogP) is 0.555. The highest BCUT2D eigenvalue weighted by Crippen LogP contribution is 2.35. The Morgan fingerprint density at radius 1 is 1.27 bits per heavy atom. The molecule has 0 aliphatic carbocycles. The molecule has 8 heteroatoms. The minimum absolute atomic E-state index is 0.403. The van der Waals surface area contributed by atoms with Crippen molar-refractivity contribution in [2.45, 2.75) is 12.5 Å². The molecule has 0 bridgehead atoms. The van der Waals surface area contributed by atoms with Gasteiger partial charge in [-0.05, 0) is 24.6 Å². The molecule has 1 heterocycles. The van der Waals surface area contributed by atoms with E-state index in [1.54, 1.807) is 18.2 Å². The number of benzene rings is 1. The molecule has 22 heavy (non-hydrogen) atoms. The number of hydrogen-bond acceptors (Lipinski definition) is 5. The first-order valence-electron chi connectivity index (χ1n) is 6.42. The molecule has 1 aromatic carbocycles. The Hall–Kier alpha value is -2.77. The first-order chi connectivity index (χ1) is 10.3. The second kappa shape index (κ2) is 5.55. The number of carbonyl (C=O) groups is 3. The molecule has 0 aromatic heterocycles. The van der Waals surface area contributed by atoms with E-state index in [-0.39, 0.29) is 0 Å². The van der Waals surface area contributed by atoms with E-state index >= 15 is 0 Å². The smallest absolute Gasteiger partial charge is 0.325 e. The molecular formula is C14H16N2O6. The summed E-state index contributed by atoms with van der Waals surface area (Å²) in [5.41, 5.74) is -0.886. The van der Waals surface area contributed by atoms with E-state index in [1.165, 1.54) is 21.1 Å². The number of urea groups is 1. The zero-order chi connectivity index (χ0) is 16.5. The van der Waals surface area contributed by atoms with Crippen LogP contribution in [-0.2, 0) is 15.1 Å². The Morgan fingerprint density at radius 3 is 2.45 bits per heavy atom. The van der Waals surface area contributed by atoms with Crippen molar-refractivity contribution in [2.24, 2.45) is 0 Å². The van der Waals surface area contributed by atoms with Gasteiger partial charge in [0.2, 0.25) is 0 Å². The highest BCUT2D eigenvalue weighted by atomic mass is 16.5. The lowest BCUT2D eigenvalue weighted by atomic mass is 9.91. The molecule has 1 fully saturated rings. The maximum Gasteiger partial charge on any atom is 0.325 e. The van der Waals surface area contributed by atoms with Crippen LogP contribution >= 0.6 is 0 Å². The number of carboxylic acids is 1. The number of amides is 3. The summed E-state index contributed by atoms with van der Waals surface area (Å²) in [5, 5.41) is 11.3. The van der Waals surface area contributed by atoms with Crippen molar-refractivity contribution in [3.63, 3.8) is 0 Å². The Labute approximate surface area is 126 Å². The lowest BCUT2D eigenvalue weighted by Crippen LogP contribution is -2.41. The predicted molar refractivity (Wildman–Crippen MR) is 74.8 cm³/mol. The van der Waals surface area contributed by atoms with Gasteiger partial charge >= 0.3 is 12.0 Å². The summed E-state index contributed by atoms with van der Waals surface area (Å²) in [6.45, 7) is 0.823. The van der Waals surface area contributed by atoms with Gasteiger partial charge in [0.25, 0.3) is 5.91 Å². The number of imide groups is 1. The SMILES string of the molecule is COc1ccc([C@@]2(C)NC(=O)N(CC(=O)O)C2=O)cc1OC. The van der Waals surface area contributed by atoms with Gasteiger partial charge in [-0.2, -0.15) is 0 Å². The van der Waals surface area contributed by atoms with Crippen molar-refractivity contribution in [3.8, 4) is 11.5 Å². The van der Waals surface area contributed by atoms with Crippen LogP contribution in [0.25, 0.3) is 0 Å². The molecule has 0 radical (unpaired) electrons. The van der Waals surface area contributed by atoms with Gasteiger partial charge in [-0.15, -0.1) is 0 Å². The third-order valence-corrected chi connectivity index (χ3v) is 3.53. The fourth-order valence-corrected chi connectivity index (χ4v) is 2.32. The van der Waals surface area contributed by atoms with Gasteiger partial charge in [0.1, 0.15) is 12.1 Å². The first-order valence-corrected chi connectivity index (χ1v) is 6.42. The number of nitrogens with one attached hydrogen (secondary N) is 1. The highest BCUT2D eigenvalue weighted by Gasteiger charge is 2.49. The number of hydrogen-bond donors (Lipinski definition) is 2. The lowest BCUT2D eigenvalue weighted by molar-refractivity contribution is -0.142. The number of carboxylic acid groups (broad SMARTS) is 1. The van der Waals surface area contributed by atoms with E-state index in [2.05, 4.69) is 5.32 Å². The molecule has 0 spiro atoms. The van der Waals surface area contributed by atoms with Crippen LogP contribution in [0.4, 0.5) is 4.79 Å². The fourth-order valence-electron chi connectivity index (χ4n) is 2.32. The molecule has 8 nitrogen and oxygen atoms in total. The standard InChI is InChI=1S/C14H16N2O6/c1-14(8-4-5-9(21-2)10(6-8)22-3)12(19)16(7-11(17)18)13(20)15-14/h4-6H,7H2,1-3H3,(H,15,20)(H,17,18)/t14-/m1/s1. The quantitative estimate of drug-likeness (QED) is 0.770. The van der Waals surface area contributed by atoms with Crippen LogP contribution in [0.5, 0.6) is 11.5 Å². The van der Waals surface area contributed by atoms with Crippen LogP contribution in [-0.4, -0.2) is 48.7 Å². The molecule has 1 aliphatic rings. The van der Waals surface area contributed by atoms with E-state index in [9.17, 15) is 14.4 Å². The Morgan fingerprint density at radius 2 is 1.91 bits per heavy atom. The largest absolute Gasteiger partial charge is 0.493 e. The van der Waals surface area contributed by atoms with E-state index in [0.29, 0.717) is 22.0 Å². The van der Waals surface area contributed by atoms with Crippen molar-refractivity contribution < 1.29 is 29.0 Å². The number of carbonyl (C=O) groups excluding carboxylic acids is 2. The van der Waals surface area contributed by atoms with E-state index in [0.717, 1.165) is 0 Å². The molecule has 1 atom stereocenters. The van der Waals surface area contributed by atoms with Gasteiger partial charge in [-0.3, -0.25) is 14.5 Å². The number of aliphatic carboxylic acids is 1. The van der Waals surface area contributed by atoms with Gasteiger partial charge in [-0.1, -0.05) is 6.07 Å². The van der Waals surface area contributed by atoms with Crippen molar-refractivity contribution >= 4 is 17.9 Å². The summed E-state index contributed by atoms with van der Waals surface area (Å²) in [6.07, 6.45) is 0. The van der Waals surface area contributed by atoms with Gasteiger partial charge in [-0.25, -0.2) is 4.79 Å². The second-order valence-electron chi connectivity index (χ2n) is 4.91. The normalized spacial score (nSPS) is 20.8. The number of rotatable bonds is 5. The third-order valence-electron chi connectivity index (χ3n) is 3.53. The minimum Gasteiger partial charge on any atom is -0.493 e. The average Bonchev–Trinajstić information content (AvgIpc) is 2.70. The van der Waals surface area contributed by atoms with Gasteiger partial charge < -0.3 is 19.9 Å². The van der Waals surface area contributed by atoms with Crippen LogP contribution < -0.4 is 14.8 Å². The molecule has 0 unspecified atom stereocenters. The van der Waals surface area contributed by atoms with E-state index < -0.39 is 30.0 Å². The highest BCUT2D eigenvalue weighted by molar-refractivity contribution is 6.08. The molecule has 2 rings (SSSR count). The van der Waals surface area contributed by atoms with Gasteiger partial charge in [0.15, 0.2) is 11.5 Å². The summed E-state index contributed by atoms with van der Waals surface area (Å²) in [7, 11) is 2.94. The molecule has 1 saturated heterocycles. The molecule has 1 aliphatic heterocycles. The van der Waals surface area contributed by atoms with Crippen LogP contribution in [0.2, 0.25) is 0 Å². The molecule has 0 saturated carbocycles. The molecule has 2 N–H and O–H groups in total. The van der Waals surface area contributed by atoms with E-state index in [4.69, 9.17) is 14.6 Å². The van der Waals surface area contributed by atoms with E-state index in [1.807, 2.05) is 0 Å². The topological polar surface area (TPSA) is 105 Å². The zero-order valence-electron chi connectivity index (χ0n) is 12.4. The minimum atomic E-state index is -1.36. The average molecular weight is 308 g/mol. The van der Waals surface area contributed by atoms with Crippen molar-refractivity contribution in [1.82, 2.24) is 10.2 Å². The number of ether oxygens (including phenoxy) is 2. The Kier molecular flexibility index (Phi) is 3.94. The molecule has 1 aromatic rings. The summed E-state index contributed by atoms with van der Waals surface area (Å²) >= 11 is 0. The fraction of sp³-hybridized carbons (Fsp3) is 0.357. The van der Waals surface area contributed by atoms with Crippen molar-refractivity contribution in [2.75, 3.05) is 20.8 Å². The second-order valence-corrected chi connectivity index (χ2v) is 4.91. The summed E-state index contributed by atoms with van der Waals surface area (Å²) in [5.74, 6) is -1.01. The van der Waals surface area contributed by atoms with Crippen LogP contribution in [0, 0.1) is 0 Å². The van der Waals surface area contributed by atoms with Crippen LogP contribution in [0.15, 0.2) is 18.2 Å². The maximum absolute atomic E-state index is 12.4. The summed E-state index contributed by atoms with van der Waals surface area (Å²) < 4.78 is 10.3. The number of nitrogens with zero attached hydrogens (tertiary/aromatic N) is 1. The summed E-state index contributed by atoms with van der Waals surface area (Å²) in [4.78, 5) is 35.7. The van der Waals surface area contributed by atoms with Crippen molar-refractivity contribution in [1.29, 1.82) is 0 Å². The van der Waals surface area contributed by atoms with Gasteiger partial charge in [0, 0.05) is 0 Å². The Bertz CT molecular complexity index is 644. The maximum atomic E-state index is 12.4. The third kappa shape index (κ3) is 2.43. The van der Waals surface area contributed by atoms with Crippen molar-refractivity contribution in [3.05, 3.63) is 23.8 Å². The van der Waals surface area contributed by atoms with Crippen LogP contribution in [0.3, 0.4) is 0 Å². The van der Waals surface area contributed by atoms with Gasteiger partial charge in [0.05, 0.1) is 14.2 Å². The zero-order valence-corrected chi connectivity index (χ0v) is 12.4. The lowest BCUT2D eigenvalue weighted by Gasteiger charge is -2.23. The monoisotopic (exact) mass is 308 g/mol. The summed E-state index contributed by atoms with van der Waals surface area (Å²) in [6, 6.07) is 4.05. The Balaban J connectivity index is 2.41. The molecule has 118 valence electrons. The number of methoxy groups -OCH3 is 2.